The highest BCUT2D eigenvalue weighted by atomic mass is 19.4. The summed E-state index contributed by atoms with van der Waals surface area (Å²) in [5.74, 6) is -3.13. The monoisotopic (exact) mass is 456 g/mol. The molecule has 1 aromatic heterocycles. The Hall–Kier alpha value is -3.76. The Balaban J connectivity index is 1.96. The zero-order valence-electron chi connectivity index (χ0n) is 17.4. The van der Waals surface area contributed by atoms with E-state index in [1.54, 1.807) is 79.1 Å². The molecule has 2 N–H and O–H groups in total. The molecule has 3 aromatic rings. The van der Waals surface area contributed by atoms with Crippen LogP contribution in [0.4, 0.5) is 13.2 Å². The van der Waals surface area contributed by atoms with Crippen LogP contribution in [0.5, 0.6) is 0 Å². The molecule has 1 saturated heterocycles. The number of benzene rings is 2. The number of halogens is 3. The fourth-order valence-electron chi connectivity index (χ4n) is 3.90. The summed E-state index contributed by atoms with van der Waals surface area (Å²) < 4.78 is 39.4. The van der Waals surface area contributed by atoms with Gasteiger partial charge >= 0.3 is 12.1 Å². The summed E-state index contributed by atoms with van der Waals surface area (Å²) in [5, 5.41) is 0.617. The van der Waals surface area contributed by atoms with Crippen LogP contribution >= 0.6 is 0 Å². The maximum absolute atomic E-state index is 13.6. The van der Waals surface area contributed by atoms with E-state index in [9.17, 15) is 22.8 Å². The Morgan fingerprint density at radius 3 is 2.27 bits per heavy atom. The number of likely N-dealkylation sites (N-methyl/N-ethyl adjacent to an activating group) is 1. The fraction of sp³-hybridized carbons (Fsp3) is 0.174. The van der Waals surface area contributed by atoms with Gasteiger partial charge in [0.05, 0.1) is 0 Å². The number of amides is 1. The highest BCUT2D eigenvalue weighted by Crippen LogP contribution is 2.45. The first-order valence-corrected chi connectivity index (χ1v) is 9.85. The van der Waals surface area contributed by atoms with Crippen LogP contribution in [0.2, 0.25) is 0 Å². The smallest absolute Gasteiger partial charge is 0.356 e. The van der Waals surface area contributed by atoms with E-state index >= 15 is 0 Å². The van der Waals surface area contributed by atoms with Gasteiger partial charge in [0.15, 0.2) is 11.8 Å². The second-order valence-electron chi connectivity index (χ2n) is 7.43. The molecule has 7 nitrogen and oxygen atoms in total. The Bertz CT molecular complexity index is 1170. The van der Waals surface area contributed by atoms with Crippen LogP contribution in [-0.4, -0.2) is 46.3 Å². The van der Waals surface area contributed by atoms with E-state index in [1.807, 2.05) is 0 Å². The Labute approximate surface area is 187 Å². The number of carbonyl (C=O) groups excluding carboxylic acids is 2. The molecule has 10 heteroatoms. The number of hydrogen-bond acceptors (Lipinski definition) is 6. The molecule has 1 fully saturated rings. The van der Waals surface area contributed by atoms with Crippen molar-refractivity contribution in [2.24, 2.45) is 5.73 Å². The third-order valence-corrected chi connectivity index (χ3v) is 5.50. The Morgan fingerprint density at radius 2 is 1.64 bits per heavy atom. The summed E-state index contributed by atoms with van der Waals surface area (Å²) in [6.45, 7) is 0. The predicted molar refractivity (Wildman–Crippen MR) is 112 cm³/mol. The number of hydrogen-bond donors (Lipinski definition) is 1. The largest absolute Gasteiger partial charge is 0.492 e. The number of aromatic nitrogens is 1. The van der Waals surface area contributed by atoms with E-state index in [-0.39, 0.29) is 11.1 Å². The van der Waals surface area contributed by atoms with Crippen LogP contribution in [0.25, 0.3) is 11.1 Å². The van der Waals surface area contributed by atoms with Gasteiger partial charge in [-0.25, -0.2) is 4.79 Å². The molecule has 1 aliphatic heterocycles. The minimum Gasteiger partial charge on any atom is -0.356 e. The van der Waals surface area contributed by atoms with Crippen molar-refractivity contribution >= 4 is 11.9 Å². The minimum atomic E-state index is -5.29. The van der Waals surface area contributed by atoms with Gasteiger partial charge in [0.2, 0.25) is 0 Å². The van der Waals surface area contributed by atoms with Crippen molar-refractivity contribution < 1.29 is 27.6 Å². The first kappa shape index (κ1) is 22.4. The Morgan fingerprint density at radius 1 is 1.00 bits per heavy atom. The molecule has 1 amide bonds. The first-order chi connectivity index (χ1) is 15.7. The highest BCUT2D eigenvalue weighted by molar-refractivity contribution is 5.94. The minimum absolute atomic E-state index is 0.280. The number of nitrogens with zero attached hydrogens (tertiary/aromatic N) is 3. The maximum atomic E-state index is 13.6. The summed E-state index contributed by atoms with van der Waals surface area (Å²) >= 11 is 0. The summed E-state index contributed by atoms with van der Waals surface area (Å²) in [6, 6.07) is 18.3. The molecule has 33 heavy (non-hydrogen) atoms. The molecule has 170 valence electrons. The van der Waals surface area contributed by atoms with Gasteiger partial charge in [-0.3, -0.25) is 15.5 Å². The van der Waals surface area contributed by atoms with Gasteiger partial charge in [-0.15, -0.1) is 0 Å². The second-order valence-corrected chi connectivity index (χ2v) is 7.43. The third-order valence-electron chi connectivity index (χ3n) is 5.50. The second kappa shape index (κ2) is 8.30. The number of rotatable bonds is 4. The number of hydroxylamine groups is 2. The number of nitrogens with two attached hydrogens (primary N) is 1. The van der Waals surface area contributed by atoms with Crippen molar-refractivity contribution in [1.29, 1.82) is 0 Å². The van der Waals surface area contributed by atoms with Crippen molar-refractivity contribution in [3.8, 4) is 11.1 Å². The Kier molecular flexibility index (Phi) is 5.64. The van der Waals surface area contributed by atoms with Gasteiger partial charge in [0.1, 0.15) is 0 Å². The zero-order chi connectivity index (χ0) is 23.8. The van der Waals surface area contributed by atoms with Gasteiger partial charge < -0.3 is 9.74 Å². The normalized spacial score (nSPS) is 21.3. The molecular formula is C23H19F3N4O3. The van der Waals surface area contributed by atoms with Crippen LogP contribution in [0.1, 0.15) is 11.1 Å². The molecular weight excluding hydrogens is 437 g/mol. The van der Waals surface area contributed by atoms with E-state index in [0.29, 0.717) is 10.6 Å². The van der Waals surface area contributed by atoms with Gasteiger partial charge in [0, 0.05) is 19.4 Å². The number of carbonyl (C=O) groups is 2. The number of pyridine rings is 1. The van der Waals surface area contributed by atoms with Gasteiger partial charge in [-0.2, -0.15) is 13.2 Å². The molecule has 2 heterocycles. The average Bonchev–Trinajstić information content (AvgIpc) is 3.01. The van der Waals surface area contributed by atoms with E-state index in [1.165, 1.54) is 7.05 Å². The average molecular weight is 456 g/mol. The lowest BCUT2D eigenvalue weighted by atomic mass is 9.81. The molecule has 0 spiro atoms. The molecule has 0 aliphatic carbocycles. The van der Waals surface area contributed by atoms with Gasteiger partial charge in [-0.1, -0.05) is 53.6 Å². The number of alkyl halides is 3. The molecule has 0 saturated carbocycles. The van der Waals surface area contributed by atoms with Crippen LogP contribution in [0, 0.1) is 0 Å². The van der Waals surface area contributed by atoms with Crippen LogP contribution in [0.15, 0.2) is 79.1 Å². The van der Waals surface area contributed by atoms with Crippen molar-refractivity contribution in [2.75, 3.05) is 7.05 Å². The molecule has 2 atom stereocenters. The van der Waals surface area contributed by atoms with Crippen LogP contribution in [0.3, 0.4) is 0 Å². The van der Waals surface area contributed by atoms with E-state index in [2.05, 4.69) is 4.98 Å². The van der Waals surface area contributed by atoms with E-state index in [0.717, 1.165) is 10.5 Å². The van der Waals surface area contributed by atoms with Crippen molar-refractivity contribution in [2.45, 2.75) is 18.0 Å². The summed E-state index contributed by atoms with van der Waals surface area (Å²) in [4.78, 5) is 35.3. The first-order valence-electron chi connectivity index (χ1n) is 9.85. The molecule has 0 bridgehead atoms. The van der Waals surface area contributed by atoms with E-state index in [4.69, 9.17) is 10.6 Å². The SMILES string of the molecule is CN1C(=O)C(c2ccccc2)(c2cccc(-c3ccncc3)c2)N(OC(=O)C(F)(F)F)C1N. The quantitative estimate of drug-likeness (QED) is 0.649. The lowest BCUT2D eigenvalue weighted by Gasteiger charge is -2.36. The third kappa shape index (κ3) is 3.73. The zero-order valence-corrected chi connectivity index (χ0v) is 17.4. The van der Waals surface area contributed by atoms with Crippen LogP contribution < -0.4 is 5.73 Å². The van der Waals surface area contributed by atoms with Crippen molar-refractivity contribution in [3.63, 3.8) is 0 Å². The molecule has 0 radical (unpaired) electrons. The van der Waals surface area contributed by atoms with Gasteiger partial charge in [-0.05, 0) is 40.5 Å². The predicted octanol–water partition coefficient (Wildman–Crippen LogP) is 3.03. The maximum Gasteiger partial charge on any atom is 0.492 e. The van der Waals surface area contributed by atoms with Crippen LogP contribution in [-0.2, 0) is 20.0 Å². The van der Waals surface area contributed by atoms with Gasteiger partial charge in [0.25, 0.3) is 5.91 Å². The van der Waals surface area contributed by atoms with Crippen molar-refractivity contribution in [3.05, 3.63) is 90.3 Å². The molecule has 2 aromatic carbocycles. The summed E-state index contributed by atoms with van der Waals surface area (Å²) in [7, 11) is 1.33. The lowest BCUT2D eigenvalue weighted by molar-refractivity contribution is -0.260. The summed E-state index contributed by atoms with van der Waals surface area (Å²) in [6.07, 6.45) is -3.56. The highest BCUT2D eigenvalue weighted by Gasteiger charge is 2.61. The summed E-state index contributed by atoms with van der Waals surface area (Å²) in [5.41, 5.74) is 6.16. The topological polar surface area (TPSA) is 88.8 Å². The van der Waals surface area contributed by atoms with Crippen molar-refractivity contribution in [1.82, 2.24) is 14.9 Å². The molecule has 4 rings (SSSR count). The fourth-order valence-corrected chi connectivity index (χ4v) is 3.90. The van der Waals surface area contributed by atoms with E-state index < -0.39 is 29.9 Å². The molecule has 2 unspecified atom stereocenters. The molecule has 1 aliphatic rings. The standard InChI is InChI=1S/C23H19F3N4O3/c1-29-19(31)22(17-7-3-2-4-8-17,30(21(29)27)33-20(32)23(24,25)26)18-9-5-6-16(14-18)15-10-12-28-13-11-15/h2-14,21H,27H2,1H3. The lowest BCUT2D eigenvalue weighted by Crippen LogP contribution is -2.53.